The topological polar surface area (TPSA) is 55.6 Å². The monoisotopic (exact) mass is 282 g/mol. The molecule has 5 unspecified atom stereocenters. The fourth-order valence-corrected chi connectivity index (χ4v) is 3.88. The summed E-state index contributed by atoms with van der Waals surface area (Å²) in [5.74, 6) is 1.32. The molecule has 20 heavy (non-hydrogen) atoms. The van der Waals surface area contributed by atoms with Crippen molar-refractivity contribution in [2.75, 3.05) is 13.1 Å². The second-order valence-electron chi connectivity index (χ2n) is 7.60. The maximum Gasteiger partial charge on any atom is 0.226 e. The first-order valence-electron chi connectivity index (χ1n) is 7.92. The summed E-state index contributed by atoms with van der Waals surface area (Å²) in [5.41, 5.74) is 5.93. The molecule has 2 rings (SSSR count). The molecule has 0 aromatic rings. The summed E-state index contributed by atoms with van der Waals surface area (Å²) in [6.07, 6.45) is 1.99. The van der Waals surface area contributed by atoms with E-state index >= 15 is 0 Å². The van der Waals surface area contributed by atoms with E-state index in [0.29, 0.717) is 24.9 Å². The molecular weight excluding hydrogens is 252 g/mol. The van der Waals surface area contributed by atoms with Crippen molar-refractivity contribution in [2.24, 2.45) is 23.5 Å². The molecule has 2 fully saturated rings. The number of carbonyl (C=O) groups is 1. The molecule has 0 radical (unpaired) electrons. The fraction of sp³-hybridized carbons (Fsp3) is 0.938. The lowest BCUT2D eigenvalue weighted by molar-refractivity contribution is -0.164. The van der Waals surface area contributed by atoms with Gasteiger partial charge in [-0.05, 0) is 45.4 Å². The zero-order valence-corrected chi connectivity index (χ0v) is 13.6. The zero-order chi connectivity index (χ0) is 15.1. The van der Waals surface area contributed by atoms with Gasteiger partial charge in [-0.1, -0.05) is 13.8 Å². The molecule has 0 bridgehead atoms. The predicted molar refractivity (Wildman–Crippen MR) is 80.2 cm³/mol. The van der Waals surface area contributed by atoms with Crippen molar-refractivity contribution in [1.29, 1.82) is 0 Å². The minimum absolute atomic E-state index is 0.0855. The van der Waals surface area contributed by atoms with Crippen molar-refractivity contribution in [2.45, 2.75) is 65.2 Å². The lowest BCUT2D eigenvalue weighted by atomic mass is 9.72. The van der Waals surface area contributed by atoms with Crippen LogP contribution in [0, 0.1) is 17.8 Å². The molecule has 5 atom stereocenters. The van der Waals surface area contributed by atoms with Crippen LogP contribution >= 0.6 is 0 Å². The summed E-state index contributed by atoms with van der Waals surface area (Å²) in [4.78, 5) is 14.9. The molecule has 4 heteroatoms. The molecular formula is C16H30N2O2. The van der Waals surface area contributed by atoms with Crippen molar-refractivity contribution in [3.05, 3.63) is 0 Å². The average Bonchev–Trinajstić information content (AvgIpc) is 2.30. The van der Waals surface area contributed by atoms with Gasteiger partial charge in [-0.3, -0.25) is 4.79 Å². The number of amides is 1. The third-order valence-corrected chi connectivity index (χ3v) is 4.89. The number of hydrogen-bond donors (Lipinski definition) is 1. The Morgan fingerprint density at radius 1 is 1.20 bits per heavy atom. The van der Waals surface area contributed by atoms with Crippen molar-refractivity contribution >= 4 is 5.91 Å². The van der Waals surface area contributed by atoms with E-state index in [1.54, 1.807) is 0 Å². The smallest absolute Gasteiger partial charge is 0.226 e. The van der Waals surface area contributed by atoms with Gasteiger partial charge in [0.1, 0.15) is 0 Å². The highest BCUT2D eigenvalue weighted by molar-refractivity contribution is 5.79. The second kappa shape index (κ2) is 5.64. The van der Waals surface area contributed by atoms with Gasteiger partial charge in [-0.25, -0.2) is 0 Å². The number of ether oxygens (including phenoxy) is 1. The molecule has 2 N–H and O–H groups in total. The van der Waals surface area contributed by atoms with Crippen LogP contribution in [-0.4, -0.2) is 41.6 Å². The van der Waals surface area contributed by atoms with E-state index in [1.807, 2.05) is 11.8 Å². The van der Waals surface area contributed by atoms with Gasteiger partial charge in [0.05, 0.1) is 11.7 Å². The van der Waals surface area contributed by atoms with Gasteiger partial charge in [-0.15, -0.1) is 0 Å². The van der Waals surface area contributed by atoms with E-state index in [2.05, 4.69) is 27.7 Å². The van der Waals surface area contributed by atoms with E-state index in [-0.39, 0.29) is 29.6 Å². The molecule has 1 saturated heterocycles. The van der Waals surface area contributed by atoms with E-state index in [0.717, 1.165) is 12.8 Å². The van der Waals surface area contributed by atoms with Gasteiger partial charge in [0.25, 0.3) is 0 Å². The van der Waals surface area contributed by atoms with Crippen LogP contribution < -0.4 is 5.73 Å². The first-order valence-corrected chi connectivity index (χ1v) is 7.92. The van der Waals surface area contributed by atoms with Crippen molar-refractivity contribution in [1.82, 2.24) is 4.90 Å². The van der Waals surface area contributed by atoms with E-state index in [9.17, 15) is 4.79 Å². The Morgan fingerprint density at radius 2 is 1.85 bits per heavy atom. The quantitative estimate of drug-likeness (QED) is 0.800. The van der Waals surface area contributed by atoms with E-state index in [1.165, 1.54) is 0 Å². The van der Waals surface area contributed by atoms with Gasteiger partial charge in [0.15, 0.2) is 0 Å². The third kappa shape index (κ3) is 3.34. The summed E-state index contributed by atoms with van der Waals surface area (Å²) < 4.78 is 5.89. The minimum atomic E-state index is -0.249. The lowest BCUT2D eigenvalue weighted by Crippen LogP contribution is -2.56. The third-order valence-electron chi connectivity index (χ3n) is 4.89. The van der Waals surface area contributed by atoms with Crippen molar-refractivity contribution in [3.8, 4) is 0 Å². The number of nitrogens with zero attached hydrogens (tertiary/aromatic N) is 1. The summed E-state index contributed by atoms with van der Waals surface area (Å²) in [6, 6.07) is 0.159. The largest absolute Gasteiger partial charge is 0.369 e. The van der Waals surface area contributed by atoms with Gasteiger partial charge < -0.3 is 15.4 Å². The van der Waals surface area contributed by atoms with Gasteiger partial charge >= 0.3 is 0 Å². The standard InChI is InChI=1S/C16H30N2O2/c1-10-6-11(2)14(17)7-13(10)15(19)18-8-12(3)20-16(4,5)9-18/h10-14H,6-9,17H2,1-5H3. The highest BCUT2D eigenvalue weighted by Crippen LogP contribution is 2.35. The maximum atomic E-state index is 12.9. The Bertz CT molecular complexity index is 369. The summed E-state index contributed by atoms with van der Waals surface area (Å²) >= 11 is 0. The number of rotatable bonds is 1. The molecule has 2 aliphatic rings. The van der Waals surface area contributed by atoms with Crippen LogP contribution in [0.4, 0.5) is 0 Å². The Kier molecular flexibility index (Phi) is 4.45. The molecule has 1 aliphatic heterocycles. The second-order valence-corrected chi connectivity index (χ2v) is 7.60. The van der Waals surface area contributed by atoms with Crippen LogP contribution in [0.1, 0.15) is 47.5 Å². The van der Waals surface area contributed by atoms with Gasteiger partial charge in [-0.2, -0.15) is 0 Å². The molecule has 0 spiro atoms. The highest BCUT2D eigenvalue weighted by Gasteiger charge is 2.40. The predicted octanol–water partition coefficient (Wildman–Crippen LogP) is 2.02. The van der Waals surface area contributed by atoms with Crippen LogP contribution in [0.15, 0.2) is 0 Å². The summed E-state index contributed by atoms with van der Waals surface area (Å²) in [6.45, 7) is 11.9. The molecule has 0 aromatic heterocycles. The molecule has 4 nitrogen and oxygen atoms in total. The van der Waals surface area contributed by atoms with E-state index < -0.39 is 0 Å². The van der Waals surface area contributed by atoms with Crippen LogP contribution in [0.25, 0.3) is 0 Å². The Hall–Kier alpha value is -0.610. The molecule has 0 aromatic carbocycles. The number of nitrogens with two attached hydrogens (primary N) is 1. The molecule has 1 amide bonds. The van der Waals surface area contributed by atoms with Crippen LogP contribution in [-0.2, 0) is 9.53 Å². The zero-order valence-electron chi connectivity index (χ0n) is 13.6. The molecule has 1 aliphatic carbocycles. The number of morpholine rings is 1. The maximum absolute atomic E-state index is 12.9. The SMILES string of the molecule is CC1CN(C(=O)C2CC(N)C(C)CC2C)CC(C)(C)O1. The first-order chi connectivity index (χ1) is 9.19. The molecule has 1 heterocycles. The van der Waals surface area contributed by atoms with Crippen molar-refractivity contribution in [3.63, 3.8) is 0 Å². The number of hydrogen-bond acceptors (Lipinski definition) is 3. The Morgan fingerprint density at radius 3 is 2.45 bits per heavy atom. The Labute approximate surface area is 123 Å². The van der Waals surface area contributed by atoms with Crippen LogP contribution in [0.3, 0.4) is 0 Å². The highest BCUT2D eigenvalue weighted by atomic mass is 16.5. The van der Waals surface area contributed by atoms with Gasteiger partial charge in [0, 0.05) is 25.0 Å². The van der Waals surface area contributed by atoms with Crippen molar-refractivity contribution < 1.29 is 9.53 Å². The van der Waals surface area contributed by atoms with E-state index in [4.69, 9.17) is 10.5 Å². The lowest BCUT2D eigenvalue weighted by Gasteiger charge is -2.45. The fourth-order valence-electron chi connectivity index (χ4n) is 3.88. The van der Waals surface area contributed by atoms with Crippen LogP contribution in [0.5, 0.6) is 0 Å². The summed E-state index contributed by atoms with van der Waals surface area (Å²) in [5, 5.41) is 0. The summed E-state index contributed by atoms with van der Waals surface area (Å²) in [7, 11) is 0. The number of carbonyl (C=O) groups excluding carboxylic acids is 1. The average molecular weight is 282 g/mol. The first kappa shape index (κ1) is 15.8. The molecule has 1 saturated carbocycles. The molecule has 116 valence electrons. The minimum Gasteiger partial charge on any atom is -0.369 e. The Balaban J connectivity index is 2.06. The van der Waals surface area contributed by atoms with Crippen LogP contribution in [0.2, 0.25) is 0 Å². The van der Waals surface area contributed by atoms with Gasteiger partial charge in [0.2, 0.25) is 5.91 Å². The normalized spacial score (nSPS) is 41.5.